The van der Waals surface area contributed by atoms with E-state index in [0.29, 0.717) is 19.0 Å². The minimum Gasteiger partial charge on any atom is -0.494 e. The van der Waals surface area contributed by atoms with Crippen LogP contribution in [-0.4, -0.2) is 24.4 Å². The van der Waals surface area contributed by atoms with E-state index in [1.165, 1.54) is 10.9 Å². The molecule has 1 unspecified atom stereocenters. The van der Waals surface area contributed by atoms with Gasteiger partial charge in [0.25, 0.3) is 5.24 Å². The molecule has 1 aromatic heterocycles. The van der Waals surface area contributed by atoms with Crippen LogP contribution in [0.4, 0.5) is 4.79 Å². The lowest BCUT2D eigenvalue weighted by atomic mass is 9.88. The van der Waals surface area contributed by atoms with Gasteiger partial charge in [-0.3, -0.25) is 14.9 Å². The molecular formula is C30H37NO5S. The Morgan fingerprint density at radius 1 is 1.05 bits per heavy atom. The highest BCUT2D eigenvalue weighted by atomic mass is 32.2. The number of thioether (sulfide) groups is 1. The number of amides is 2. The summed E-state index contributed by atoms with van der Waals surface area (Å²) >= 11 is 1.01. The van der Waals surface area contributed by atoms with Gasteiger partial charge < -0.3 is 13.9 Å². The Hall–Kier alpha value is -2.93. The lowest BCUT2D eigenvalue weighted by molar-refractivity contribution is -0.119. The molecule has 7 heteroatoms. The number of carbonyl (C=O) groups is 2. The Morgan fingerprint density at radius 2 is 1.81 bits per heavy atom. The Labute approximate surface area is 223 Å². The summed E-state index contributed by atoms with van der Waals surface area (Å²) in [4.78, 5) is 23.6. The van der Waals surface area contributed by atoms with Crippen molar-refractivity contribution in [2.75, 3.05) is 13.2 Å². The molecule has 1 atom stereocenters. The first-order chi connectivity index (χ1) is 17.7. The monoisotopic (exact) mass is 523 g/mol. The number of furan rings is 1. The maximum atomic E-state index is 12.1. The zero-order chi connectivity index (χ0) is 26.6. The van der Waals surface area contributed by atoms with Crippen LogP contribution in [0, 0.1) is 12.3 Å². The van der Waals surface area contributed by atoms with Crippen LogP contribution in [-0.2, 0) is 17.6 Å². The number of imide groups is 1. The van der Waals surface area contributed by atoms with E-state index < -0.39 is 5.25 Å². The first-order valence-corrected chi connectivity index (χ1v) is 13.9. The third kappa shape index (κ3) is 6.69. The molecule has 0 radical (unpaired) electrons. The van der Waals surface area contributed by atoms with Crippen molar-refractivity contribution in [1.82, 2.24) is 5.32 Å². The summed E-state index contributed by atoms with van der Waals surface area (Å²) in [6, 6.07) is 9.91. The molecule has 0 spiro atoms. The van der Waals surface area contributed by atoms with Gasteiger partial charge in [-0.1, -0.05) is 40.2 Å². The quantitative estimate of drug-likeness (QED) is 0.262. The fourth-order valence-electron chi connectivity index (χ4n) is 4.65. The molecular weight excluding hydrogens is 486 g/mol. The standard InChI is InChI=1S/C30H37NO5S/c1-6-9-23-25(13-12-22-20(17-30(3,4)5)18-36-26(22)23)35-15-8-7-14-34-21-11-10-19(2)24(16-21)27-28(32)31-29(33)37-27/h10-13,16,18,27H,6-9,14-15,17H2,1-5H3,(H,31,32,33). The molecule has 37 heavy (non-hydrogen) atoms. The highest BCUT2D eigenvalue weighted by Gasteiger charge is 2.34. The van der Waals surface area contributed by atoms with Crippen LogP contribution >= 0.6 is 11.8 Å². The van der Waals surface area contributed by atoms with E-state index in [-0.39, 0.29) is 16.6 Å². The topological polar surface area (TPSA) is 77.8 Å². The number of hydrogen-bond acceptors (Lipinski definition) is 6. The van der Waals surface area contributed by atoms with E-state index in [4.69, 9.17) is 13.9 Å². The molecule has 1 fully saturated rings. The van der Waals surface area contributed by atoms with E-state index in [9.17, 15) is 9.59 Å². The van der Waals surface area contributed by atoms with Gasteiger partial charge in [-0.25, -0.2) is 0 Å². The molecule has 1 aliphatic rings. The first kappa shape index (κ1) is 27.1. The predicted octanol–water partition coefficient (Wildman–Crippen LogP) is 7.54. The third-order valence-corrected chi connectivity index (χ3v) is 7.41. The number of rotatable bonds is 11. The lowest BCUT2D eigenvalue weighted by Gasteiger charge is -2.17. The van der Waals surface area contributed by atoms with Crippen LogP contribution in [0.2, 0.25) is 0 Å². The summed E-state index contributed by atoms with van der Waals surface area (Å²) in [6.45, 7) is 12.0. The average molecular weight is 524 g/mol. The van der Waals surface area contributed by atoms with Crippen molar-refractivity contribution < 1.29 is 23.5 Å². The number of unbranched alkanes of at least 4 members (excludes halogenated alkanes) is 1. The lowest BCUT2D eigenvalue weighted by Crippen LogP contribution is -2.20. The molecule has 2 heterocycles. The molecule has 6 nitrogen and oxygen atoms in total. The average Bonchev–Trinajstić information content (AvgIpc) is 3.39. The molecule has 198 valence electrons. The number of nitrogens with one attached hydrogen (secondary N) is 1. The fourth-order valence-corrected chi connectivity index (χ4v) is 5.57. The molecule has 1 N–H and O–H groups in total. The van der Waals surface area contributed by atoms with E-state index >= 15 is 0 Å². The highest BCUT2D eigenvalue weighted by Crippen LogP contribution is 2.38. The Bertz CT molecular complexity index is 1270. The van der Waals surface area contributed by atoms with Gasteiger partial charge in [0.2, 0.25) is 5.91 Å². The normalized spacial score (nSPS) is 15.9. The molecule has 4 rings (SSSR count). The van der Waals surface area contributed by atoms with E-state index in [1.54, 1.807) is 0 Å². The fraction of sp³-hybridized carbons (Fsp3) is 0.467. The predicted molar refractivity (Wildman–Crippen MR) is 149 cm³/mol. The van der Waals surface area contributed by atoms with Crippen LogP contribution in [0.25, 0.3) is 11.0 Å². The second-order valence-electron chi connectivity index (χ2n) is 10.9. The summed E-state index contributed by atoms with van der Waals surface area (Å²) in [6.07, 6.45) is 6.50. The van der Waals surface area contributed by atoms with Gasteiger partial charge in [0.05, 0.1) is 19.5 Å². The van der Waals surface area contributed by atoms with Crippen molar-refractivity contribution in [1.29, 1.82) is 0 Å². The molecule has 2 amide bonds. The van der Waals surface area contributed by atoms with Crippen LogP contribution in [0.3, 0.4) is 0 Å². The summed E-state index contributed by atoms with van der Waals surface area (Å²) in [5, 5.41) is 2.72. The maximum absolute atomic E-state index is 12.1. The van der Waals surface area contributed by atoms with Crippen LogP contribution < -0.4 is 14.8 Å². The van der Waals surface area contributed by atoms with Gasteiger partial charge in [0.1, 0.15) is 22.3 Å². The van der Waals surface area contributed by atoms with Gasteiger partial charge in [-0.15, -0.1) is 0 Å². The SMILES string of the molecule is CCCc1c(OCCCCOc2ccc(C)c(C3SC(=O)NC3=O)c2)ccc2c(CC(C)(C)C)coc12. The zero-order valence-electron chi connectivity index (χ0n) is 22.4. The van der Waals surface area contributed by atoms with Crippen molar-refractivity contribution >= 4 is 33.9 Å². The molecule has 0 saturated carbocycles. The van der Waals surface area contributed by atoms with Crippen molar-refractivity contribution in [3.05, 3.63) is 58.8 Å². The van der Waals surface area contributed by atoms with Gasteiger partial charge in [0.15, 0.2) is 0 Å². The van der Waals surface area contributed by atoms with Gasteiger partial charge in [-0.05, 0) is 90.7 Å². The van der Waals surface area contributed by atoms with E-state index in [0.717, 1.165) is 71.9 Å². The molecule has 0 bridgehead atoms. The van der Waals surface area contributed by atoms with Crippen molar-refractivity contribution in [3.8, 4) is 11.5 Å². The van der Waals surface area contributed by atoms with Gasteiger partial charge in [-0.2, -0.15) is 0 Å². The number of aryl methyl sites for hydroxylation is 2. The summed E-state index contributed by atoms with van der Waals surface area (Å²) < 4.78 is 18.2. The number of ether oxygens (including phenoxy) is 2. The maximum Gasteiger partial charge on any atom is 0.286 e. The minimum absolute atomic E-state index is 0.197. The smallest absolute Gasteiger partial charge is 0.286 e. The number of benzene rings is 2. The second kappa shape index (κ2) is 11.6. The summed E-state index contributed by atoms with van der Waals surface area (Å²) in [5.74, 6) is 1.33. The van der Waals surface area contributed by atoms with Gasteiger partial charge >= 0.3 is 0 Å². The summed E-state index contributed by atoms with van der Waals surface area (Å²) in [7, 11) is 0. The third-order valence-electron chi connectivity index (χ3n) is 6.39. The molecule has 2 aromatic carbocycles. The van der Waals surface area contributed by atoms with Crippen LogP contribution in [0.5, 0.6) is 11.5 Å². The Morgan fingerprint density at radius 3 is 2.49 bits per heavy atom. The largest absolute Gasteiger partial charge is 0.494 e. The molecule has 1 saturated heterocycles. The first-order valence-electron chi connectivity index (χ1n) is 13.1. The van der Waals surface area contributed by atoms with E-state index in [2.05, 4.69) is 45.1 Å². The second-order valence-corrected chi connectivity index (χ2v) is 11.9. The van der Waals surface area contributed by atoms with Crippen molar-refractivity contribution in [2.45, 2.75) is 72.0 Å². The van der Waals surface area contributed by atoms with E-state index in [1.807, 2.05) is 31.4 Å². The van der Waals surface area contributed by atoms with Crippen molar-refractivity contribution in [3.63, 3.8) is 0 Å². The Kier molecular flexibility index (Phi) is 8.53. The van der Waals surface area contributed by atoms with Crippen molar-refractivity contribution in [2.24, 2.45) is 5.41 Å². The van der Waals surface area contributed by atoms with Gasteiger partial charge in [0, 0.05) is 10.9 Å². The number of hydrogen-bond donors (Lipinski definition) is 1. The number of carbonyl (C=O) groups excluding carboxylic acids is 2. The molecule has 3 aromatic rings. The Balaban J connectivity index is 1.31. The molecule has 0 aliphatic carbocycles. The van der Waals surface area contributed by atoms with Crippen LogP contribution in [0.15, 0.2) is 41.0 Å². The van der Waals surface area contributed by atoms with Crippen LogP contribution in [0.1, 0.15) is 74.5 Å². The highest BCUT2D eigenvalue weighted by molar-refractivity contribution is 8.15. The minimum atomic E-state index is -0.516. The zero-order valence-corrected chi connectivity index (χ0v) is 23.3. The molecule has 1 aliphatic heterocycles. The summed E-state index contributed by atoms with van der Waals surface area (Å²) in [5.41, 5.74) is 5.33. The number of fused-ring (bicyclic) bond motifs is 1.